The number of ether oxygens (including phenoxy) is 1. The molecule has 0 N–H and O–H groups in total. The number of rotatable bonds is 3. The maximum absolute atomic E-state index is 12.1. The Bertz CT molecular complexity index is 541. The molecule has 5 nitrogen and oxygen atoms in total. The molecule has 1 aliphatic heterocycles. The van der Waals surface area contributed by atoms with Crippen molar-refractivity contribution in [3.63, 3.8) is 0 Å². The van der Waals surface area contributed by atoms with Crippen molar-refractivity contribution in [3.05, 3.63) is 22.9 Å². The normalized spacial score (nSPS) is 22.8. The lowest BCUT2D eigenvalue weighted by Gasteiger charge is -2.28. The maximum Gasteiger partial charge on any atom is 0.226 e. The number of aromatic nitrogens is 1. The maximum atomic E-state index is 12.1. The molecule has 1 aromatic heterocycles. The Labute approximate surface area is 125 Å². The number of pyridine rings is 1. The van der Waals surface area contributed by atoms with Crippen LogP contribution >= 0.6 is 15.9 Å². The van der Waals surface area contributed by atoms with Crippen LogP contribution in [-0.4, -0.2) is 40.8 Å². The number of nitrogens with zero attached hydrogens (tertiary/aromatic N) is 2. The van der Waals surface area contributed by atoms with E-state index >= 15 is 0 Å². The van der Waals surface area contributed by atoms with Crippen molar-refractivity contribution < 1.29 is 14.3 Å². The Morgan fingerprint density at radius 2 is 2.20 bits per heavy atom. The number of Topliss-reactive ketones (excluding diaryl/α,β-unsaturated/α-hetero) is 1. The van der Waals surface area contributed by atoms with E-state index < -0.39 is 0 Å². The minimum Gasteiger partial charge on any atom is -0.487 e. The zero-order valence-corrected chi connectivity index (χ0v) is 12.5. The lowest BCUT2D eigenvalue weighted by Crippen LogP contribution is -2.41. The van der Waals surface area contributed by atoms with Crippen molar-refractivity contribution in [2.45, 2.75) is 25.4 Å². The molecule has 1 atom stereocenters. The van der Waals surface area contributed by atoms with E-state index in [9.17, 15) is 9.59 Å². The van der Waals surface area contributed by atoms with E-state index in [1.807, 2.05) is 11.0 Å². The van der Waals surface area contributed by atoms with Gasteiger partial charge in [-0.05, 0) is 22.0 Å². The van der Waals surface area contributed by atoms with Crippen LogP contribution in [0, 0.1) is 5.92 Å². The number of hydrogen-bond donors (Lipinski definition) is 0. The summed E-state index contributed by atoms with van der Waals surface area (Å²) in [5, 5.41) is 0. The summed E-state index contributed by atoms with van der Waals surface area (Å²) in [5.74, 6) is 0.907. The number of hydrogen-bond acceptors (Lipinski definition) is 4. The van der Waals surface area contributed by atoms with E-state index in [2.05, 4.69) is 20.9 Å². The summed E-state index contributed by atoms with van der Waals surface area (Å²) in [5.41, 5.74) is 0. The van der Waals surface area contributed by atoms with Crippen LogP contribution in [0.2, 0.25) is 0 Å². The standard InChI is InChI=1S/C14H15BrN2O3/c15-10-5-13(7-16-6-10)20-12-1-2-17(8-12)14(19)9-3-11(18)4-9/h5-7,9,12H,1-4,8H2/t12-/m1/s1. The van der Waals surface area contributed by atoms with Gasteiger partial charge in [0.25, 0.3) is 0 Å². The van der Waals surface area contributed by atoms with Gasteiger partial charge in [-0.1, -0.05) is 0 Å². The van der Waals surface area contributed by atoms with Gasteiger partial charge in [0, 0.05) is 36.5 Å². The van der Waals surface area contributed by atoms with E-state index in [0.717, 1.165) is 10.9 Å². The minimum absolute atomic E-state index is 0.00540. The zero-order valence-electron chi connectivity index (χ0n) is 10.9. The lowest BCUT2D eigenvalue weighted by molar-refractivity contribution is -0.144. The fourth-order valence-electron chi connectivity index (χ4n) is 2.60. The van der Waals surface area contributed by atoms with Crippen LogP contribution in [0.25, 0.3) is 0 Å². The molecule has 1 saturated heterocycles. The predicted octanol–water partition coefficient (Wildman–Crippen LogP) is 1.80. The van der Waals surface area contributed by atoms with Crippen molar-refractivity contribution in [2.75, 3.05) is 13.1 Å². The zero-order chi connectivity index (χ0) is 14.1. The SMILES string of the molecule is O=C1CC(C(=O)N2CC[C@@H](Oc3cncc(Br)c3)C2)C1. The van der Waals surface area contributed by atoms with Crippen LogP contribution in [0.15, 0.2) is 22.9 Å². The summed E-state index contributed by atoms with van der Waals surface area (Å²) >= 11 is 3.35. The molecule has 2 aliphatic rings. The fraction of sp³-hybridized carbons (Fsp3) is 0.500. The van der Waals surface area contributed by atoms with Gasteiger partial charge in [-0.2, -0.15) is 0 Å². The van der Waals surface area contributed by atoms with Gasteiger partial charge in [0.15, 0.2) is 0 Å². The second kappa shape index (κ2) is 5.52. The molecule has 0 radical (unpaired) electrons. The van der Waals surface area contributed by atoms with Crippen molar-refractivity contribution in [2.24, 2.45) is 5.92 Å². The lowest BCUT2D eigenvalue weighted by atomic mass is 9.83. The molecule has 1 aliphatic carbocycles. The van der Waals surface area contributed by atoms with E-state index in [1.54, 1.807) is 12.4 Å². The topological polar surface area (TPSA) is 59.5 Å². The first-order valence-corrected chi connectivity index (χ1v) is 7.49. The molecule has 3 rings (SSSR count). The average molecular weight is 339 g/mol. The summed E-state index contributed by atoms with van der Waals surface area (Å²) < 4.78 is 6.71. The highest BCUT2D eigenvalue weighted by atomic mass is 79.9. The Hall–Kier alpha value is -1.43. The molecule has 20 heavy (non-hydrogen) atoms. The predicted molar refractivity (Wildman–Crippen MR) is 75.3 cm³/mol. The fourth-order valence-corrected chi connectivity index (χ4v) is 2.94. The molecular weight excluding hydrogens is 324 g/mol. The monoisotopic (exact) mass is 338 g/mol. The Morgan fingerprint density at radius 1 is 1.40 bits per heavy atom. The van der Waals surface area contributed by atoms with Crippen LogP contribution < -0.4 is 4.74 Å². The molecule has 6 heteroatoms. The van der Waals surface area contributed by atoms with Gasteiger partial charge in [0.1, 0.15) is 17.6 Å². The molecule has 2 fully saturated rings. The second-order valence-electron chi connectivity index (χ2n) is 5.30. The van der Waals surface area contributed by atoms with E-state index in [0.29, 0.717) is 31.7 Å². The molecule has 0 bridgehead atoms. The van der Waals surface area contributed by atoms with Crippen LogP contribution in [0.1, 0.15) is 19.3 Å². The summed E-state index contributed by atoms with van der Waals surface area (Å²) in [6, 6.07) is 1.86. The third-order valence-electron chi connectivity index (χ3n) is 3.74. The molecule has 0 unspecified atom stereocenters. The highest BCUT2D eigenvalue weighted by Gasteiger charge is 2.38. The average Bonchev–Trinajstić information content (AvgIpc) is 2.83. The molecule has 2 heterocycles. The van der Waals surface area contributed by atoms with Gasteiger partial charge in [-0.25, -0.2) is 0 Å². The van der Waals surface area contributed by atoms with E-state index in [1.165, 1.54) is 0 Å². The smallest absolute Gasteiger partial charge is 0.226 e. The highest BCUT2D eigenvalue weighted by Crippen LogP contribution is 2.27. The molecule has 1 amide bonds. The Morgan fingerprint density at radius 3 is 2.90 bits per heavy atom. The third kappa shape index (κ3) is 2.85. The van der Waals surface area contributed by atoms with Crippen molar-refractivity contribution in [1.29, 1.82) is 0 Å². The number of carbonyl (C=O) groups is 2. The van der Waals surface area contributed by atoms with Gasteiger partial charge < -0.3 is 9.64 Å². The summed E-state index contributed by atoms with van der Waals surface area (Å²) in [6.07, 6.45) is 5.02. The van der Waals surface area contributed by atoms with Crippen molar-refractivity contribution >= 4 is 27.6 Å². The first kappa shape index (κ1) is 13.5. The van der Waals surface area contributed by atoms with Crippen LogP contribution in [-0.2, 0) is 9.59 Å². The van der Waals surface area contributed by atoms with Gasteiger partial charge in [0.05, 0.1) is 18.7 Å². The van der Waals surface area contributed by atoms with Gasteiger partial charge in [0.2, 0.25) is 5.91 Å². The number of likely N-dealkylation sites (tertiary alicyclic amines) is 1. The van der Waals surface area contributed by atoms with E-state index in [4.69, 9.17) is 4.74 Å². The van der Waals surface area contributed by atoms with Gasteiger partial charge in [-0.3, -0.25) is 14.6 Å². The summed E-state index contributed by atoms with van der Waals surface area (Å²) in [4.78, 5) is 28.9. The third-order valence-corrected chi connectivity index (χ3v) is 4.17. The largest absolute Gasteiger partial charge is 0.487 e. The molecule has 0 aromatic carbocycles. The Kier molecular flexibility index (Phi) is 3.74. The number of amides is 1. The minimum atomic E-state index is -0.0891. The highest BCUT2D eigenvalue weighted by molar-refractivity contribution is 9.10. The van der Waals surface area contributed by atoms with Crippen LogP contribution in [0.3, 0.4) is 0 Å². The first-order chi connectivity index (χ1) is 9.61. The van der Waals surface area contributed by atoms with Gasteiger partial charge >= 0.3 is 0 Å². The van der Waals surface area contributed by atoms with Crippen molar-refractivity contribution in [3.8, 4) is 5.75 Å². The Balaban J connectivity index is 1.54. The van der Waals surface area contributed by atoms with Gasteiger partial charge in [-0.15, -0.1) is 0 Å². The molecule has 106 valence electrons. The molecule has 1 saturated carbocycles. The van der Waals surface area contributed by atoms with Crippen molar-refractivity contribution in [1.82, 2.24) is 9.88 Å². The number of halogens is 1. The number of carbonyl (C=O) groups excluding carboxylic acids is 2. The summed E-state index contributed by atoms with van der Waals surface area (Å²) in [7, 11) is 0. The summed E-state index contributed by atoms with van der Waals surface area (Å²) in [6.45, 7) is 1.30. The second-order valence-corrected chi connectivity index (χ2v) is 6.21. The van der Waals surface area contributed by atoms with Crippen LogP contribution in [0.4, 0.5) is 0 Å². The van der Waals surface area contributed by atoms with Crippen LogP contribution in [0.5, 0.6) is 5.75 Å². The molecule has 1 aromatic rings. The molecule has 0 spiro atoms. The molecular formula is C14H15BrN2O3. The quantitative estimate of drug-likeness (QED) is 0.843. The first-order valence-electron chi connectivity index (χ1n) is 6.69. The number of ketones is 1. The van der Waals surface area contributed by atoms with E-state index in [-0.39, 0.29) is 23.7 Å².